The lowest BCUT2D eigenvalue weighted by molar-refractivity contribution is -0.152. The number of nitrogens with zero attached hydrogens (tertiary/aromatic N) is 4. The first-order valence-electron chi connectivity index (χ1n) is 8.10. The summed E-state index contributed by atoms with van der Waals surface area (Å²) in [6, 6.07) is 0. The summed E-state index contributed by atoms with van der Waals surface area (Å²) in [5, 5.41) is 7.41. The molecule has 2 aliphatic rings. The Kier molecular flexibility index (Phi) is 8.19. The van der Waals surface area contributed by atoms with Gasteiger partial charge in [0.1, 0.15) is 0 Å². The summed E-state index contributed by atoms with van der Waals surface area (Å²) in [4.78, 5) is 15.9. The van der Waals surface area contributed by atoms with Crippen LogP contribution in [0.5, 0.6) is 0 Å². The molecule has 1 aromatic heterocycles. The molecule has 3 rings (SSSR count). The first kappa shape index (κ1) is 23.0. The predicted octanol–water partition coefficient (Wildman–Crippen LogP) is 1.27. The summed E-state index contributed by atoms with van der Waals surface area (Å²) in [7, 11) is 1.84. The molecule has 1 aromatic rings. The Morgan fingerprint density at radius 2 is 1.88 bits per heavy atom. The summed E-state index contributed by atoms with van der Waals surface area (Å²) in [6.07, 6.45) is -0.495. The predicted molar refractivity (Wildman–Crippen MR) is 95.9 cm³/mol. The fourth-order valence-electron chi connectivity index (χ4n) is 3.53. The SMILES string of the molecule is Cl.Cl.Cn1cc([C@H]2CNC[C@@H]2C(=O)N2CCN(CC(F)(F)F)CC2)cn1. The number of alkyl halides is 3. The van der Waals surface area contributed by atoms with Gasteiger partial charge in [-0.15, -0.1) is 24.8 Å². The molecule has 2 fully saturated rings. The molecule has 0 spiro atoms. The molecule has 11 heteroatoms. The zero-order valence-corrected chi connectivity index (χ0v) is 16.0. The van der Waals surface area contributed by atoms with E-state index in [4.69, 9.17) is 0 Å². The number of hydrogen-bond acceptors (Lipinski definition) is 4. The van der Waals surface area contributed by atoms with E-state index in [1.807, 2.05) is 13.2 Å². The third-order valence-corrected chi connectivity index (χ3v) is 4.77. The van der Waals surface area contributed by atoms with Crippen molar-refractivity contribution >= 4 is 30.7 Å². The molecule has 1 amide bonds. The molecule has 6 nitrogen and oxygen atoms in total. The molecule has 0 unspecified atom stereocenters. The molecule has 0 radical (unpaired) electrons. The maximum atomic E-state index is 12.8. The number of carbonyl (C=O) groups is 1. The van der Waals surface area contributed by atoms with Crippen LogP contribution in [-0.2, 0) is 11.8 Å². The molecule has 2 saturated heterocycles. The lowest BCUT2D eigenvalue weighted by Crippen LogP contribution is -2.52. The molecule has 26 heavy (non-hydrogen) atoms. The third-order valence-electron chi connectivity index (χ3n) is 4.77. The summed E-state index contributed by atoms with van der Waals surface area (Å²) >= 11 is 0. The largest absolute Gasteiger partial charge is 0.401 e. The number of halogens is 5. The van der Waals surface area contributed by atoms with Crippen molar-refractivity contribution < 1.29 is 18.0 Å². The van der Waals surface area contributed by atoms with E-state index in [9.17, 15) is 18.0 Å². The molecular weight excluding hydrogens is 394 g/mol. The van der Waals surface area contributed by atoms with Crippen LogP contribution in [0.4, 0.5) is 13.2 Å². The average Bonchev–Trinajstić information content (AvgIpc) is 3.14. The van der Waals surface area contributed by atoms with Crippen LogP contribution in [-0.4, -0.2) is 77.5 Å². The Bertz CT molecular complexity index is 590. The van der Waals surface area contributed by atoms with Gasteiger partial charge in [0.2, 0.25) is 5.91 Å². The highest BCUT2D eigenvalue weighted by atomic mass is 35.5. The van der Waals surface area contributed by atoms with Gasteiger partial charge in [-0.3, -0.25) is 14.4 Å². The molecular formula is C15H24Cl2F3N5O. The molecule has 2 atom stereocenters. The quantitative estimate of drug-likeness (QED) is 0.804. The molecule has 0 aromatic carbocycles. The number of nitrogens with one attached hydrogen (secondary N) is 1. The number of rotatable bonds is 3. The number of hydrogen-bond donors (Lipinski definition) is 1. The second-order valence-corrected chi connectivity index (χ2v) is 6.54. The van der Waals surface area contributed by atoms with E-state index in [0.29, 0.717) is 19.6 Å². The summed E-state index contributed by atoms with van der Waals surface area (Å²) < 4.78 is 39.0. The average molecular weight is 418 g/mol. The fraction of sp³-hybridized carbons (Fsp3) is 0.733. The van der Waals surface area contributed by atoms with Gasteiger partial charge in [-0.25, -0.2) is 0 Å². The number of piperazine rings is 1. The van der Waals surface area contributed by atoms with Gasteiger partial charge in [-0.2, -0.15) is 18.3 Å². The van der Waals surface area contributed by atoms with Gasteiger partial charge >= 0.3 is 6.18 Å². The lowest BCUT2D eigenvalue weighted by atomic mass is 9.89. The van der Waals surface area contributed by atoms with Crippen molar-refractivity contribution in [2.45, 2.75) is 12.1 Å². The van der Waals surface area contributed by atoms with Gasteiger partial charge in [-0.05, 0) is 5.56 Å². The monoisotopic (exact) mass is 417 g/mol. The van der Waals surface area contributed by atoms with Gasteiger partial charge in [0.15, 0.2) is 0 Å². The Hall–Kier alpha value is -1.03. The zero-order valence-electron chi connectivity index (χ0n) is 14.4. The minimum Gasteiger partial charge on any atom is -0.340 e. The Balaban J connectivity index is 0.00000169. The van der Waals surface area contributed by atoms with Gasteiger partial charge in [0.25, 0.3) is 0 Å². The second-order valence-electron chi connectivity index (χ2n) is 6.54. The van der Waals surface area contributed by atoms with Crippen LogP contribution in [0.3, 0.4) is 0 Å². The molecule has 0 saturated carbocycles. The normalized spacial score (nSPS) is 24.1. The Morgan fingerprint density at radius 1 is 1.23 bits per heavy atom. The molecule has 2 aliphatic heterocycles. The highest BCUT2D eigenvalue weighted by Crippen LogP contribution is 2.29. The Labute approximate surface area is 162 Å². The van der Waals surface area contributed by atoms with Crippen molar-refractivity contribution in [1.82, 2.24) is 24.9 Å². The van der Waals surface area contributed by atoms with Crippen molar-refractivity contribution in [1.29, 1.82) is 0 Å². The maximum absolute atomic E-state index is 12.8. The molecule has 0 aliphatic carbocycles. The van der Waals surface area contributed by atoms with Gasteiger partial charge in [0.05, 0.1) is 18.7 Å². The maximum Gasteiger partial charge on any atom is 0.401 e. The number of amides is 1. The van der Waals surface area contributed by atoms with Gasteiger partial charge in [0, 0.05) is 58.4 Å². The second kappa shape index (κ2) is 9.25. The first-order chi connectivity index (χ1) is 11.3. The van der Waals surface area contributed by atoms with E-state index in [1.165, 1.54) is 4.90 Å². The van der Waals surface area contributed by atoms with Crippen molar-refractivity contribution in [3.8, 4) is 0 Å². The van der Waals surface area contributed by atoms with Crippen molar-refractivity contribution in [3.05, 3.63) is 18.0 Å². The minimum atomic E-state index is -4.19. The topological polar surface area (TPSA) is 53.4 Å². The molecule has 0 bridgehead atoms. The van der Waals surface area contributed by atoms with Crippen LogP contribution in [0.2, 0.25) is 0 Å². The van der Waals surface area contributed by atoms with E-state index >= 15 is 0 Å². The number of aromatic nitrogens is 2. The third kappa shape index (κ3) is 5.48. The van der Waals surface area contributed by atoms with Crippen LogP contribution in [0.1, 0.15) is 11.5 Å². The lowest BCUT2D eigenvalue weighted by Gasteiger charge is -2.36. The highest BCUT2D eigenvalue weighted by molar-refractivity contribution is 5.85. The molecule has 1 N–H and O–H groups in total. The van der Waals surface area contributed by atoms with Crippen LogP contribution in [0, 0.1) is 5.92 Å². The van der Waals surface area contributed by atoms with Crippen LogP contribution in [0.15, 0.2) is 12.4 Å². The van der Waals surface area contributed by atoms with Crippen LogP contribution in [0.25, 0.3) is 0 Å². The van der Waals surface area contributed by atoms with Gasteiger partial charge in [-0.1, -0.05) is 0 Å². The molecule has 3 heterocycles. The molecule has 150 valence electrons. The number of carbonyl (C=O) groups excluding carboxylic acids is 1. The smallest absolute Gasteiger partial charge is 0.340 e. The van der Waals surface area contributed by atoms with Gasteiger partial charge < -0.3 is 10.2 Å². The summed E-state index contributed by atoms with van der Waals surface area (Å²) in [6.45, 7) is 1.65. The van der Waals surface area contributed by atoms with Crippen molar-refractivity contribution in [2.75, 3.05) is 45.8 Å². The van der Waals surface area contributed by atoms with E-state index in [2.05, 4.69) is 10.4 Å². The van der Waals surface area contributed by atoms with Crippen LogP contribution >= 0.6 is 24.8 Å². The number of aryl methyl sites for hydroxylation is 1. The van der Waals surface area contributed by atoms with Crippen molar-refractivity contribution in [2.24, 2.45) is 13.0 Å². The van der Waals surface area contributed by atoms with E-state index in [0.717, 1.165) is 12.1 Å². The van der Waals surface area contributed by atoms with Crippen molar-refractivity contribution in [3.63, 3.8) is 0 Å². The Morgan fingerprint density at radius 3 is 2.42 bits per heavy atom. The summed E-state index contributed by atoms with van der Waals surface area (Å²) in [5.74, 6) is -0.0803. The fourth-order valence-corrected chi connectivity index (χ4v) is 3.53. The van der Waals surface area contributed by atoms with E-state index < -0.39 is 12.7 Å². The summed E-state index contributed by atoms with van der Waals surface area (Å²) in [5.41, 5.74) is 1.02. The van der Waals surface area contributed by atoms with E-state index in [1.54, 1.807) is 15.8 Å². The first-order valence-corrected chi connectivity index (χ1v) is 8.10. The van der Waals surface area contributed by atoms with Crippen LogP contribution < -0.4 is 5.32 Å². The highest BCUT2D eigenvalue weighted by Gasteiger charge is 2.39. The standard InChI is InChI=1S/C15H22F3N5O.2ClH/c1-21-9-11(6-20-21)12-7-19-8-13(12)14(24)23-4-2-22(3-5-23)10-15(16,17)18;;/h6,9,12-13,19H,2-5,7-8,10H2,1H3;2*1H/t12-,13+;;/m1../s1. The minimum absolute atomic E-state index is 0. The van der Waals surface area contributed by atoms with E-state index in [-0.39, 0.29) is 55.6 Å². The zero-order chi connectivity index (χ0) is 17.3.